The first kappa shape index (κ1) is 11.7. The Kier molecular flexibility index (Phi) is 5.48. The highest BCUT2D eigenvalue weighted by molar-refractivity contribution is 5.68. The van der Waals surface area contributed by atoms with E-state index in [1.165, 1.54) is 5.56 Å². The molecule has 0 aliphatic rings. The van der Waals surface area contributed by atoms with Gasteiger partial charge in [0.05, 0.1) is 0 Å². The molecule has 0 unspecified atom stereocenters. The SMILES string of the molecule is CCCC(=O)ONCCc1ccccc1. The number of benzene rings is 1. The van der Waals surface area contributed by atoms with E-state index in [1.54, 1.807) is 0 Å². The van der Waals surface area contributed by atoms with Gasteiger partial charge >= 0.3 is 5.97 Å². The van der Waals surface area contributed by atoms with Crippen LogP contribution in [0.15, 0.2) is 30.3 Å². The molecule has 1 N–H and O–H groups in total. The van der Waals surface area contributed by atoms with Crippen molar-refractivity contribution in [3.05, 3.63) is 35.9 Å². The van der Waals surface area contributed by atoms with Crippen LogP contribution in [0.4, 0.5) is 0 Å². The summed E-state index contributed by atoms with van der Waals surface area (Å²) in [7, 11) is 0. The summed E-state index contributed by atoms with van der Waals surface area (Å²) in [6.45, 7) is 2.60. The van der Waals surface area contributed by atoms with Crippen LogP contribution in [0.3, 0.4) is 0 Å². The van der Waals surface area contributed by atoms with Gasteiger partial charge in [0.2, 0.25) is 0 Å². The van der Waals surface area contributed by atoms with Gasteiger partial charge in [0, 0.05) is 13.0 Å². The number of hydrogen-bond acceptors (Lipinski definition) is 3. The molecule has 0 amide bonds. The van der Waals surface area contributed by atoms with E-state index < -0.39 is 0 Å². The van der Waals surface area contributed by atoms with Crippen LogP contribution >= 0.6 is 0 Å². The zero-order chi connectivity index (χ0) is 10.9. The molecular formula is C12H17NO2. The Labute approximate surface area is 90.4 Å². The predicted octanol–water partition coefficient (Wildman–Crippen LogP) is 2.08. The fourth-order valence-corrected chi connectivity index (χ4v) is 1.23. The molecule has 0 atom stereocenters. The lowest BCUT2D eigenvalue weighted by Crippen LogP contribution is -2.22. The molecule has 0 saturated heterocycles. The fraction of sp³-hybridized carbons (Fsp3) is 0.417. The minimum atomic E-state index is -0.189. The summed E-state index contributed by atoms with van der Waals surface area (Å²) in [4.78, 5) is 15.8. The maximum atomic E-state index is 11.0. The van der Waals surface area contributed by atoms with Gasteiger partial charge < -0.3 is 4.84 Å². The van der Waals surface area contributed by atoms with E-state index in [-0.39, 0.29) is 5.97 Å². The lowest BCUT2D eigenvalue weighted by atomic mass is 10.2. The lowest BCUT2D eigenvalue weighted by molar-refractivity contribution is -0.151. The Morgan fingerprint density at radius 2 is 2.07 bits per heavy atom. The highest BCUT2D eigenvalue weighted by Gasteiger charge is 1.99. The average Bonchev–Trinajstić information content (AvgIpc) is 2.26. The van der Waals surface area contributed by atoms with Gasteiger partial charge in [-0.1, -0.05) is 37.3 Å². The van der Waals surface area contributed by atoms with Gasteiger partial charge in [0.15, 0.2) is 0 Å². The molecule has 0 aliphatic carbocycles. The van der Waals surface area contributed by atoms with E-state index in [1.807, 2.05) is 25.1 Å². The molecular weight excluding hydrogens is 190 g/mol. The molecule has 0 saturated carbocycles. The third-order valence-corrected chi connectivity index (χ3v) is 2.00. The van der Waals surface area contributed by atoms with Gasteiger partial charge in [0.1, 0.15) is 0 Å². The summed E-state index contributed by atoms with van der Waals surface area (Å²) in [5, 5.41) is 0. The Morgan fingerprint density at radius 1 is 1.33 bits per heavy atom. The average molecular weight is 207 g/mol. The van der Waals surface area contributed by atoms with Crippen LogP contribution in [0.1, 0.15) is 25.3 Å². The van der Waals surface area contributed by atoms with Crippen LogP contribution in [-0.2, 0) is 16.1 Å². The van der Waals surface area contributed by atoms with Crippen molar-refractivity contribution in [2.75, 3.05) is 6.54 Å². The van der Waals surface area contributed by atoms with Crippen molar-refractivity contribution in [3.8, 4) is 0 Å². The number of hydroxylamine groups is 1. The molecule has 0 spiro atoms. The van der Waals surface area contributed by atoms with Gasteiger partial charge in [-0.2, -0.15) is 5.48 Å². The van der Waals surface area contributed by atoms with E-state index in [2.05, 4.69) is 17.6 Å². The largest absolute Gasteiger partial charge is 0.371 e. The maximum Gasteiger partial charge on any atom is 0.324 e. The first-order chi connectivity index (χ1) is 7.33. The summed E-state index contributed by atoms with van der Waals surface area (Å²) < 4.78 is 0. The second kappa shape index (κ2) is 7.01. The van der Waals surface area contributed by atoms with Crippen LogP contribution in [-0.4, -0.2) is 12.5 Å². The fourth-order valence-electron chi connectivity index (χ4n) is 1.23. The third kappa shape index (κ3) is 5.18. The molecule has 3 heteroatoms. The molecule has 0 heterocycles. The molecule has 1 aromatic rings. The minimum Gasteiger partial charge on any atom is -0.371 e. The summed E-state index contributed by atoms with van der Waals surface area (Å²) in [6.07, 6.45) is 2.15. The first-order valence-corrected chi connectivity index (χ1v) is 5.29. The maximum absolute atomic E-state index is 11.0. The van der Waals surface area contributed by atoms with Gasteiger partial charge in [-0.3, -0.25) is 4.79 Å². The quantitative estimate of drug-likeness (QED) is 0.573. The predicted molar refractivity (Wildman–Crippen MR) is 59.1 cm³/mol. The van der Waals surface area contributed by atoms with E-state index >= 15 is 0 Å². The topological polar surface area (TPSA) is 38.3 Å². The third-order valence-electron chi connectivity index (χ3n) is 2.00. The summed E-state index contributed by atoms with van der Waals surface area (Å²) in [5.41, 5.74) is 3.90. The number of carbonyl (C=O) groups is 1. The van der Waals surface area contributed by atoms with E-state index in [9.17, 15) is 4.79 Å². The highest BCUT2D eigenvalue weighted by atomic mass is 16.7. The van der Waals surface area contributed by atoms with E-state index in [4.69, 9.17) is 4.84 Å². The Bertz CT molecular complexity index is 285. The van der Waals surface area contributed by atoms with Gasteiger partial charge in [-0.25, -0.2) is 0 Å². The number of rotatable bonds is 6. The Hall–Kier alpha value is -1.35. The summed E-state index contributed by atoms with van der Waals surface area (Å²) in [6, 6.07) is 10.1. The van der Waals surface area contributed by atoms with Crippen LogP contribution < -0.4 is 5.48 Å². The number of carbonyl (C=O) groups excluding carboxylic acids is 1. The van der Waals surface area contributed by atoms with Crippen molar-refractivity contribution in [1.82, 2.24) is 5.48 Å². The zero-order valence-corrected chi connectivity index (χ0v) is 9.03. The van der Waals surface area contributed by atoms with Crippen LogP contribution in [0, 0.1) is 0 Å². The van der Waals surface area contributed by atoms with Crippen molar-refractivity contribution in [1.29, 1.82) is 0 Å². The van der Waals surface area contributed by atoms with Gasteiger partial charge in [-0.05, 0) is 18.4 Å². The van der Waals surface area contributed by atoms with E-state index in [0.717, 1.165) is 12.8 Å². The van der Waals surface area contributed by atoms with Crippen molar-refractivity contribution in [2.45, 2.75) is 26.2 Å². The first-order valence-electron chi connectivity index (χ1n) is 5.29. The second-order valence-electron chi connectivity index (χ2n) is 3.35. The highest BCUT2D eigenvalue weighted by Crippen LogP contribution is 1.98. The molecule has 0 aliphatic heterocycles. The molecule has 0 fully saturated rings. The molecule has 3 nitrogen and oxygen atoms in total. The van der Waals surface area contributed by atoms with Gasteiger partial charge in [-0.15, -0.1) is 0 Å². The zero-order valence-electron chi connectivity index (χ0n) is 9.03. The van der Waals surface area contributed by atoms with Crippen LogP contribution in [0.5, 0.6) is 0 Å². The molecule has 82 valence electrons. The standard InChI is InChI=1S/C12H17NO2/c1-2-6-12(14)15-13-10-9-11-7-4-3-5-8-11/h3-5,7-8,13H,2,6,9-10H2,1H3. The summed E-state index contributed by atoms with van der Waals surface area (Å²) in [5.74, 6) is -0.189. The second-order valence-corrected chi connectivity index (χ2v) is 3.35. The van der Waals surface area contributed by atoms with Crippen molar-refractivity contribution < 1.29 is 9.63 Å². The number of nitrogens with one attached hydrogen (secondary N) is 1. The Morgan fingerprint density at radius 3 is 2.73 bits per heavy atom. The molecule has 15 heavy (non-hydrogen) atoms. The monoisotopic (exact) mass is 207 g/mol. The van der Waals surface area contributed by atoms with Crippen molar-refractivity contribution >= 4 is 5.97 Å². The Balaban J connectivity index is 2.10. The van der Waals surface area contributed by atoms with Crippen molar-refractivity contribution in [2.24, 2.45) is 0 Å². The number of hydrogen-bond donors (Lipinski definition) is 1. The van der Waals surface area contributed by atoms with Crippen LogP contribution in [0.2, 0.25) is 0 Å². The smallest absolute Gasteiger partial charge is 0.324 e. The molecule has 0 bridgehead atoms. The van der Waals surface area contributed by atoms with Crippen LogP contribution in [0.25, 0.3) is 0 Å². The normalized spacial score (nSPS) is 9.93. The molecule has 0 radical (unpaired) electrons. The molecule has 1 aromatic carbocycles. The summed E-state index contributed by atoms with van der Waals surface area (Å²) >= 11 is 0. The van der Waals surface area contributed by atoms with E-state index in [0.29, 0.717) is 13.0 Å². The molecule has 0 aromatic heterocycles. The minimum absolute atomic E-state index is 0.189. The van der Waals surface area contributed by atoms with Crippen molar-refractivity contribution in [3.63, 3.8) is 0 Å². The molecule has 1 rings (SSSR count). The lowest BCUT2D eigenvalue weighted by Gasteiger charge is -2.04. The van der Waals surface area contributed by atoms with Gasteiger partial charge in [0.25, 0.3) is 0 Å².